The van der Waals surface area contributed by atoms with E-state index in [4.69, 9.17) is 9.47 Å². The molecule has 1 aromatic heterocycles. The number of fused-ring (bicyclic) bond motifs is 1. The van der Waals surface area contributed by atoms with Crippen molar-refractivity contribution in [3.63, 3.8) is 0 Å². The molecule has 0 atom stereocenters. The Bertz CT molecular complexity index is 862. The van der Waals surface area contributed by atoms with E-state index in [2.05, 4.69) is 21.8 Å². The zero-order chi connectivity index (χ0) is 15.4. The summed E-state index contributed by atoms with van der Waals surface area (Å²) in [5.41, 5.74) is 2.98. The Morgan fingerprint density at radius 3 is 2.09 bits per heavy atom. The molecule has 0 N–H and O–H groups in total. The van der Waals surface area contributed by atoms with Crippen molar-refractivity contribution in [3.05, 3.63) is 59.8 Å². The van der Waals surface area contributed by atoms with Crippen molar-refractivity contribution in [2.75, 3.05) is 14.2 Å². The van der Waals surface area contributed by atoms with Gasteiger partial charge in [-0.2, -0.15) is 0 Å². The number of hydrogen-bond donors (Lipinski definition) is 0. The normalized spacial score (nSPS) is 9.91. The predicted molar refractivity (Wildman–Crippen MR) is 85.1 cm³/mol. The van der Waals surface area contributed by atoms with Crippen LogP contribution in [0, 0.1) is 11.8 Å². The predicted octanol–water partition coefficient (Wildman–Crippen LogP) is 3.05. The van der Waals surface area contributed by atoms with Crippen molar-refractivity contribution in [1.29, 1.82) is 0 Å². The quantitative estimate of drug-likeness (QED) is 0.680. The van der Waals surface area contributed by atoms with Crippen LogP contribution in [0.25, 0.3) is 11.0 Å². The molecular formula is C18H14N2O2. The topological polar surface area (TPSA) is 44.2 Å². The van der Waals surface area contributed by atoms with Gasteiger partial charge in [-0.1, -0.05) is 18.1 Å². The third kappa shape index (κ3) is 2.84. The third-order valence-corrected chi connectivity index (χ3v) is 3.15. The fraction of sp³-hybridized carbons (Fsp3) is 0.111. The first-order chi connectivity index (χ1) is 10.8. The van der Waals surface area contributed by atoms with Crippen LogP contribution in [0.15, 0.2) is 48.5 Å². The molecule has 0 aliphatic heterocycles. The average Bonchev–Trinajstić information content (AvgIpc) is 2.59. The van der Waals surface area contributed by atoms with E-state index in [0.29, 0.717) is 11.6 Å². The van der Waals surface area contributed by atoms with E-state index in [1.807, 2.05) is 48.5 Å². The van der Waals surface area contributed by atoms with Crippen molar-refractivity contribution in [1.82, 2.24) is 9.97 Å². The first-order valence-electron chi connectivity index (χ1n) is 6.77. The van der Waals surface area contributed by atoms with Crippen LogP contribution in [0.4, 0.5) is 0 Å². The van der Waals surface area contributed by atoms with Gasteiger partial charge in [-0.15, -0.1) is 0 Å². The largest absolute Gasteiger partial charge is 0.497 e. The molecule has 0 bridgehead atoms. The van der Waals surface area contributed by atoms with Gasteiger partial charge >= 0.3 is 0 Å². The minimum absolute atomic E-state index is 0.430. The Morgan fingerprint density at radius 2 is 1.45 bits per heavy atom. The summed E-state index contributed by atoms with van der Waals surface area (Å²) in [4.78, 5) is 8.94. The second kappa shape index (κ2) is 6.15. The van der Waals surface area contributed by atoms with E-state index in [-0.39, 0.29) is 0 Å². The number of aromatic nitrogens is 2. The van der Waals surface area contributed by atoms with Crippen molar-refractivity contribution < 1.29 is 9.47 Å². The molecule has 0 fully saturated rings. The van der Waals surface area contributed by atoms with Gasteiger partial charge in [0.05, 0.1) is 25.3 Å². The van der Waals surface area contributed by atoms with Crippen LogP contribution < -0.4 is 9.47 Å². The first kappa shape index (κ1) is 13.9. The molecule has 2 aromatic carbocycles. The molecule has 0 spiro atoms. The Morgan fingerprint density at radius 1 is 0.773 bits per heavy atom. The van der Waals surface area contributed by atoms with Gasteiger partial charge in [0.15, 0.2) is 5.69 Å². The Kier molecular flexibility index (Phi) is 3.88. The van der Waals surface area contributed by atoms with Crippen LogP contribution in [-0.2, 0) is 0 Å². The maximum Gasteiger partial charge on any atom is 0.249 e. The minimum atomic E-state index is 0.430. The fourth-order valence-electron chi connectivity index (χ4n) is 2.01. The van der Waals surface area contributed by atoms with Gasteiger partial charge in [-0.25, -0.2) is 9.97 Å². The van der Waals surface area contributed by atoms with Crippen molar-refractivity contribution in [2.45, 2.75) is 0 Å². The Hall–Kier alpha value is -3.06. The molecule has 0 unspecified atom stereocenters. The van der Waals surface area contributed by atoms with E-state index >= 15 is 0 Å². The van der Waals surface area contributed by atoms with Gasteiger partial charge in [-0.05, 0) is 42.3 Å². The zero-order valence-corrected chi connectivity index (χ0v) is 12.3. The van der Waals surface area contributed by atoms with Gasteiger partial charge in [0.1, 0.15) is 5.75 Å². The zero-order valence-electron chi connectivity index (χ0n) is 12.3. The molecule has 22 heavy (non-hydrogen) atoms. The van der Waals surface area contributed by atoms with Crippen LogP contribution in [0.1, 0.15) is 11.3 Å². The summed E-state index contributed by atoms with van der Waals surface area (Å²) >= 11 is 0. The highest BCUT2D eigenvalue weighted by atomic mass is 16.5. The standard InChI is InChI=1S/C18H14N2O2/c1-21-14-10-7-13(8-11-14)9-12-17-18(22-2)20-16-6-4-3-5-15(16)19-17/h3-8,10-11H,1-2H3. The Labute approximate surface area is 128 Å². The second-order valence-corrected chi connectivity index (χ2v) is 4.55. The van der Waals surface area contributed by atoms with Crippen LogP contribution in [0.5, 0.6) is 11.6 Å². The van der Waals surface area contributed by atoms with Gasteiger partial charge in [0.2, 0.25) is 5.88 Å². The summed E-state index contributed by atoms with van der Waals surface area (Å²) in [6.45, 7) is 0. The molecule has 0 aliphatic rings. The smallest absolute Gasteiger partial charge is 0.249 e. The Balaban J connectivity index is 2.00. The third-order valence-electron chi connectivity index (χ3n) is 3.15. The van der Waals surface area contributed by atoms with Gasteiger partial charge in [-0.3, -0.25) is 0 Å². The summed E-state index contributed by atoms with van der Waals surface area (Å²) in [6.07, 6.45) is 0. The van der Waals surface area contributed by atoms with Crippen LogP contribution >= 0.6 is 0 Å². The molecule has 108 valence electrons. The molecule has 4 nitrogen and oxygen atoms in total. The van der Waals surface area contributed by atoms with E-state index in [0.717, 1.165) is 22.3 Å². The maximum absolute atomic E-state index is 5.28. The van der Waals surface area contributed by atoms with Gasteiger partial charge < -0.3 is 9.47 Å². The van der Waals surface area contributed by atoms with Crippen LogP contribution in [0.3, 0.4) is 0 Å². The minimum Gasteiger partial charge on any atom is -0.497 e. The van der Waals surface area contributed by atoms with Crippen molar-refractivity contribution in [2.24, 2.45) is 0 Å². The molecule has 0 aliphatic carbocycles. The molecule has 3 rings (SSSR count). The number of nitrogens with zero attached hydrogens (tertiary/aromatic N) is 2. The number of para-hydroxylation sites is 2. The maximum atomic E-state index is 5.28. The first-order valence-corrected chi connectivity index (χ1v) is 6.77. The molecule has 0 saturated carbocycles. The monoisotopic (exact) mass is 290 g/mol. The lowest BCUT2D eigenvalue weighted by Gasteiger charge is -2.03. The molecule has 0 saturated heterocycles. The number of ether oxygens (including phenoxy) is 2. The van der Waals surface area contributed by atoms with Crippen molar-refractivity contribution >= 4 is 11.0 Å². The van der Waals surface area contributed by atoms with E-state index in [1.165, 1.54) is 0 Å². The summed E-state index contributed by atoms with van der Waals surface area (Å²) in [5, 5.41) is 0. The average molecular weight is 290 g/mol. The molecule has 1 heterocycles. The lowest BCUT2D eigenvalue weighted by atomic mass is 10.2. The molecule has 3 aromatic rings. The molecule has 0 amide bonds. The highest BCUT2D eigenvalue weighted by molar-refractivity contribution is 5.75. The summed E-state index contributed by atoms with van der Waals surface area (Å²) in [6, 6.07) is 15.2. The van der Waals surface area contributed by atoms with Crippen LogP contribution in [0.2, 0.25) is 0 Å². The van der Waals surface area contributed by atoms with E-state index < -0.39 is 0 Å². The lowest BCUT2D eigenvalue weighted by molar-refractivity contribution is 0.396. The summed E-state index contributed by atoms with van der Waals surface area (Å²) in [5.74, 6) is 7.31. The van der Waals surface area contributed by atoms with E-state index in [9.17, 15) is 0 Å². The highest BCUT2D eigenvalue weighted by Gasteiger charge is 2.06. The van der Waals surface area contributed by atoms with Crippen molar-refractivity contribution in [3.8, 4) is 23.5 Å². The number of hydrogen-bond acceptors (Lipinski definition) is 4. The lowest BCUT2D eigenvalue weighted by Crippen LogP contribution is -1.96. The summed E-state index contributed by atoms with van der Waals surface area (Å²) in [7, 11) is 3.20. The number of benzene rings is 2. The summed E-state index contributed by atoms with van der Waals surface area (Å²) < 4.78 is 10.4. The number of rotatable bonds is 2. The molecule has 4 heteroatoms. The molecular weight excluding hydrogens is 276 g/mol. The van der Waals surface area contributed by atoms with Crippen LogP contribution in [-0.4, -0.2) is 24.2 Å². The fourth-order valence-corrected chi connectivity index (χ4v) is 2.01. The highest BCUT2D eigenvalue weighted by Crippen LogP contribution is 2.18. The van der Waals surface area contributed by atoms with E-state index in [1.54, 1.807) is 14.2 Å². The van der Waals surface area contributed by atoms with Gasteiger partial charge in [0, 0.05) is 5.56 Å². The molecule has 0 radical (unpaired) electrons. The van der Waals surface area contributed by atoms with Gasteiger partial charge in [0.25, 0.3) is 0 Å². The number of methoxy groups -OCH3 is 2. The SMILES string of the molecule is COc1ccc(C#Cc2nc3ccccc3nc2OC)cc1. The second-order valence-electron chi connectivity index (χ2n) is 4.55.